The normalized spacial score (nSPS) is 15.2. The molecule has 0 aliphatic carbocycles. The van der Waals surface area contributed by atoms with E-state index in [2.05, 4.69) is 21.2 Å². The molecule has 2 aromatic carbocycles. The first-order chi connectivity index (χ1) is 13.8. The zero-order valence-electron chi connectivity index (χ0n) is 15.4. The van der Waals surface area contributed by atoms with Crippen LogP contribution in [-0.2, 0) is 0 Å². The van der Waals surface area contributed by atoms with E-state index in [0.717, 1.165) is 59.5 Å². The molecule has 0 radical (unpaired) electrons. The Morgan fingerprint density at radius 1 is 1.00 bits per heavy atom. The summed E-state index contributed by atoms with van der Waals surface area (Å²) in [5, 5.41) is 6.78. The summed E-state index contributed by atoms with van der Waals surface area (Å²) >= 11 is 0. The lowest BCUT2D eigenvalue weighted by Crippen LogP contribution is -2.38. The Morgan fingerprint density at radius 3 is 2.50 bits per heavy atom. The van der Waals surface area contributed by atoms with Crippen molar-refractivity contribution in [3.05, 3.63) is 72.3 Å². The minimum Gasteiger partial charge on any atom is -0.342 e. The third-order valence-corrected chi connectivity index (χ3v) is 5.54. The number of aromatic nitrogens is 4. The van der Waals surface area contributed by atoms with Gasteiger partial charge in [-0.1, -0.05) is 24.3 Å². The van der Waals surface area contributed by atoms with Gasteiger partial charge in [0.25, 0.3) is 5.91 Å². The SMILES string of the molecule is O=C(c1ccc(-c2cn[nH]c2)cc1)N1CCC(c2nc3ccccc3[nH]2)CC1. The molecule has 5 rings (SSSR count). The van der Waals surface area contributed by atoms with Crippen LogP contribution in [0.2, 0.25) is 0 Å². The van der Waals surface area contributed by atoms with Crippen molar-refractivity contribution in [2.75, 3.05) is 13.1 Å². The molecule has 1 aliphatic heterocycles. The predicted molar refractivity (Wildman–Crippen MR) is 108 cm³/mol. The van der Waals surface area contributed by atoms with Gasteiger partial charge in [0.2, 0.25) is 0 Å². The van der Waals surface area contributed by atoms with E-state index in [9.17, 15) is 4.79 Å². The van der Waals surface area contributed by atoms with Gasteiger partial charge in [-0.05, 0) is 42.7 Å². The van der Waals surface area contributed by atoms with Gasteiger partial charge in [-0.2, -0.15) is 5.10 Å². The van der Waals surface area contributed by atoms with Gasteiger partial charge in [-0.15, -0.1) is 0 Å². The Labute approximate surface area is 162 Å². The highest BCUT2D eigenvalue weighted by atomic mass is 16.2. The number of amides is 1. The number of fused-ring (bicyclic) bond motifs is 1. The fourth-order valence-corrected chi connectivity index (χ4v) is 3.92. The molecule has 140 valence electrons. The summed E-state index contributed by atoms with van der Waals surface area (Å²) in [7, 11) is 0. The number of rotatable bonds is 3. The number of hydrogen-bond donors (Lipinski definition) is 2. The maximum atomic E-state index is 12.9. The molecular weight excluding hydrogens is 350 g/mol. The Hall–Kier alpha value is -3.41. The molecule has 2 aromatic heterocycles. The Kier molecular flexibility index (Phi) is 4.16. The van der Waals surface area contributed by atoms with Crippen molar-refractivity contribution in [1.82, 2.24) is 25.1 Å². The molecular formula is C22H21N5O. The number of H-pyrrole nitrogens is 2. The molecule has 1 fully saturated rings. The van der Waals surface area contributed by atoms with E-state index in [-0.39, 0.29) is 5.91 Å². The van der Waals surface area contributed by atoms with Gasteiger partial charge in [-0.3, -0.25) is 9.89 Å². The highest BCUT2D eigenvalue weighted by molar-refractivity contribution is 5.94. The third kappa shape index (κ3) is 3.07. The molecule has 1 saturated heterocycles. The molecule has 0 spiro atoms. The van der Waals surface area contributed by atoms with Crippen LogP contribution in [0.25, 0.3) is 22.2 Å². The summed E-state index contributed by atoms with van der Waals surface area (Å²) in [6, 6.07) is 15.8. The summed E-state index contributed by atoms with van der Waals surface area (Å²) in [4.78, 5) is 23.0. The number of carbonyl (C=O) groups excluding carboxylic acids is 1. The first-order valence-corrected chi connectivity index (χ1v) is 9.61. The largest absolute Gasteiger partial charge is 0.342 e. The Balaban J connectivity index is 1.25. The number of aromatic amines is 2. The molecule has 0 bridgehead atoms. The third-order valence-electron chi connectivity index (χ3n) is 5.54. The van der Waals surface area contributed by atoms with Crippen molar-refractivity contribution in [3.8, 4) is 11.1 Å². The Morgan fingerprint density at radius 2 is 1.79 bits per heavy atom. The average Bonchev–Trinajstić information content (AvgIpc) is 3.43. The number of nitrogens with one attached hydrogen (secondary N) is 2. The van der Waals surface area contributed by atoms with Gasteiger partial charge in [0.05, 0.1) is 17.2 Å². The van der Waals surface area contributed by atoms with Crippen LogP contribution in [0, 0.1) is 0 Å². The van der Waals surface area contributed by atoms with E-state index in [1.807, 2.05) is 53.6 Å². The van der Waals surface area contributed by atoms with E-state index in [1.54, 1.807) is 6.20 Å². The van der Waals surface area contributed by atoms with Crippen LogP contribution >= 0.6 is 0 Å². The van der Waals surface area contributed by atoms with Crippen LogP contribution in [0.15, 0.2) is 60.9 Å². The Bertz CT molecular complexity index is 1060. The van der Waals surface area contributed by atoms with E-state index in [0.29, 0.717) is 5.92 Å². The lowest BCUT2D eigenvalue weighted by molar-refractivity contribution is 0.0711. The van der Waals surface area contributed by atoms with Crippen molar-refractivity contribution >= 4 is 16.9 Å². The van der Waals surface area contributed by atoms with E-state index >= 15 is 0 Å². The summed E-state index contributed by atoms with van der Waals surface area (Å²) in [5.74, 6) is 1.51. The summed E-state index contributed by atoms with van der Waals surface area (Å²) in [6.45, 7) is 1.51. The fraction of sp³-hybridized carbons (Fsp3) is 0.227. The number of imidazole rings is 1. The summed E-state index contributed by atoms with van der Waals surface area (Å²) < 4.78 is 0. The number of nitrogens with zero attached hydrogens (tertiary/aromatic N) is 3. The minimum atomic E-state index is 0.0989. The second kappa shape index (κ2) is 6.96. The molecule has 0 unspecified atom stereocenters. The zero-order chi connectivity index (χ0) is 18.9. The van der Waals surface area contributed by atoms with E-state index in [1.165, 1.54) is 0 Å². The minimum absolute atomic E-state index is 0.0989. The van der Waals surface area contributed by atoms with Gasteiger partial charge in [-0.25, -0.2) is 4.98 Å². The molecule has 2 N–H and O–H groups in total. The number of likely N-dealkylation sites (tertiary alicyclic amines) is 1. The van der Waals surface area contributed by atoms with Crippen molar-refractivity contribution in [3.63, 3.8) is 0 Å². The highest BCUT2D eigenvalue weighted by Crippen LogP contribution is 2.28. The van der Waals surface area contributed by atoms with Crippen molar-refractivity contribution < 1.29 is 4.79 Å². The molecule has 1 aliphatic rings. The smallest absolute Gasteiger partial charge is 0.253 e. The van der Waals surface area contributed by atoms with Gasteiger partial charge in [0.1, 0.15) is 5.82 Å². The predicted octanol–water partition coefficient (Wildman–Crippen LogP) is 3.97. The topological polar surface area (TPSA) is 77.7 Å². The number of hydrogen-bond acceptors (Lipinski definition) is 3. The molecule has 1 amide bonds. The van der Waals surface area contributed by atoms with Crippen molar-refractivity contribution in [1.29, 1.82) is 0 Å². The second-order valence-corrected chi connectivity index (χ2v) is 7.27. The monoisotopic (exact) mass is 371 g/mol. The lowest BCUT2D eigenvalue weighted by Gasteiger charge is -2.31. The fourth-order valence-electron chi connectivity index (χ4n) is 3.92. The maximum absolute atomic E-state index is 12.9. The maximum Gasteiger partial charge on any atom is 0.253 e. The first-order valence-electron chi connectivity index (χ1n) is 9.61. The van der Waals surface area contributed by atoms with Crippen molar-refractivity contribution in [2.45, 2.75) is 18.8 Å². The van der Waals surface area contributed by atoms with Crippen LogP contribution in [0.4, 0.5) is 0 Å². The number of carbonyl (C=O) groups is 1. The summed E-state index contributed by atoms with van der Waals surface area (Å²) in [6.07, 6.45) is 5.48. The summed E-state index contributed by atoms with van der Waals surface area (Å²) in [5.41, 5.74) is 4.89. The number of piperidine rings is 1. The molecule has 6 nitrogen and oxygen atoms in total. The van der Waals surface area contributed by atoms with E-state index < -0.39 is 0 Å². The molecule has 28 heavy (non-hydrogen) atoms. The van der Waals surface area contributed by atoms with Gasteiger partial charge >= 0.3 is 0 Å². The highest BCUT2D eigenvalue weighted by Gasteiger charge is 2.26. The molecule has 6 heteroatoms. The van der Waals surface area contributed by atoms with Crippen LogP contribution in [-0.4, -0.2) is 44.1 Å². The van der Waals surface area contributed by atoms with Gasteiger partial charge in [0, 0.05) is 36.3 Å². The molecule has 0 saturated carbocycles. The quantitative estimate of drug-likeness (QED) is 0.572. The van der Waals surface area contributed by atoms with Gasteiger partial charge < -0.3 is 9.88 Å². The van der Waals surface area contributed by atoms with Crippen LogP contribution in [0.3, 0.4) is 0 Å². The molecule has 0 atom stereocenters. The number of para-hydroxylation sites is 2. The van der Waals surface area contributed by atoms with E-state index in [4.69, 9.17) is 4.98 Å². The molecule has 3 heterocycles. The van der Waals surface area contributed by atoms with Crippen LogP contribution < -0.4 is 0 Å². The standard InChI is InChI=1S/C22H21N5O/c28-22(17-7-5-15(6-8-17)18-13-23-24-14-18)27-11-9-16(10-12-27)21-25-19-3-1-2-4-20(19)26-21/h1-8,13-14,16H,9-12H2,(H,23,24)(H,25,26). The zero-order valence-corrected chi connectivity index (χ0v) is 15.4. The molecule has 4 aromatic rings. The lowest BCUT2D eigenvalue weighted by atomic mass is 9.95. The number of benzene rings is 2. The van der Waals surface area contributed by atoms with Crippen LogP contribution in [0.1, 0.15) is 34.9 Å². The first kappa shape index (κ1) is 16.7. The van der Waals surface area contributed by atoms with Crippen molar-refractivity contribution in [2.24, 2.45) is 0 Å². The van der Waals surface area contributed by atoms with Crippen LogP contribution in [0.5, 0.6) is 0 Å². The second-order valence-electron chi connectivity index (χ2n) is 7.27. The van der Waals surface area contributed by atoms with Gasteiger partial charge in [0.15, 0.2) is 0 Å². The average molecular weight is 371 g/mol.